The molecule has 6 aromatic rings. The molecule has 0 saturated carbocycles. The van der Waals surface area contributed by atoms with Gasteiger partial charge in [-0.2, -0.15) is 18.6 Å². The van der Waals surface area contributed by atoms with E-state index < -0.39 is 26.1 Å². The van der Waals surface area contributed by atoms with E-state index >= 15 is 0 Å². The van der Waals surface area contributed by atoms with Gasteiger partial charge in [0, 0.05) is 57.0 Å². The highest BCUT2D eigenvalue weighted by atomic mass is 32.2. The summed E-state index contributed by atoms with van der Waals surface area (Å²) in [7, 11) is -4.12. The minimum atomic E-state index is -4.10. The molecular formula is C42H48N12O6S2. The molecule has 0 radical (unpaired) electrons. The molecule has 0 atom stereocenters. The van der Waals surface area contributed by atoms with Gasteiger partial charge in [-0.3, -0.25) is 9.36 Å². The number of nitrogens with two attached hydrogens (primary N) is 1. The van der Waals surface area contributed by atoms with E-state index in [2.05, 4.69) is 42.3 Å². The molecule has 4 aliphatic rings. The average Bonchev–Trinajstić information content (AvgIpc) is 4.07. The van der Waals surface area contributed by atoms with Gasteiger partial charge in [0.2, 0.25) is 0 Å². The summed E-state index contributed by atoms with van der Waals surface area (Å²) in [6.07, 6.45) is 24.7. The first-order valence-corrected chi connectivity index (χ1v) is 23.5. The molecule has 4 aliphatic carbocycles. The number of nitrogens with zero attached hydrogens (tertiary/aromatic N) is 9. The number of hydrogen-bond donors (Lipinski definition) is 3. The van der Waals surface area contributed by atoms with Crippen molar-refractivity contribution in [2.75, 3.05) is 5.32 Å². The zero-order chi connectivity index (χ0) is 43.6. The lowest BCUT2D eigenvalue weighted by Gasteiger charge is -2.16. The molecule has 0 unspecified atom stereocenters. The van der Waals surface area contributed by atoms with Gasteiger partial charge in [-0.15, -0.1) is 5.26 Å². The Morgan fingerprint density at radius 3 is 1.60 bits per heavy atom. The number of ether oxygens (including phenoxy) is 1. The van der Waals surface area contributed by atoms with E-state index in [4.69, 9.17) is 15.1 Å². The number of carbonyl (C=O) groups excluding carboxylic acids is 1. The van der Waals surface area contributed by atoms with Crippen LogP contribution in [0.25, 0.3) is 0 Å². The van der Waals surface area contributed by atoms with Crippen LogP contribution >= 0.6 is 0 Å². The van der Waals surface area contributed by atoms with Gasteiger partial charge in [0.1, 0.15) is 17.4 Å². The van der Waals surface area contributed by atoms with Crippen LogP contribution in [0.2, 0.25) is 0 Å². The van der Waals surface area contributed by atoms with E-state index in [1.54, 1.807) is 37.2 Å². The van der Waals surface area contributed by atoms with Crippen LogP contribution in [-0.2, 0) is 98.6 Å². The molecule has 0 bridgehead atoms. The summed E-state index contributed by atoms with van der Waals surface area (Å²) in [5.74, 6) is 2.42. The third-order valence-electron chi connectivity index (χ3n) is 11.8. The molecule has 2 aromatic carbocycles. The predicted octanol–water partition coefficient (Wildman–Crippen LogP) is 3.99. The first kappa shape index (κ1) is 42.4. The maximum atomic E-state index is 12.7. The SMILES string of the molecule is Cn1ccnc1Cn1ccc(S(=O)(=O)NC(=O)Nc2c3c(cc4c2CCC4)CCC3)n1.Cn1ccnc1Cn1ccc(S(N)(=O)=O)n1.N#COc1c2c(cc3c1CCC3)CCC2. The van der Waals surface area contributed by atoms with Gasteiger partial charge < -0.3 is 19.2 Å². The highest BCUT2D eigenvalue weighted by Crippen LogP contribution is 2.40. The number of anilines is 1. The lowest BCUT2D eigenvalue weighted by Crippen LogP contribution is -2.35. The van der Waals surface area contributed by atoms with Crippen LogP contribution in [0.5, 0.6) is 5.75 Å². The maximum absolute atomic E-state index is 12.7. The summed E-state index contributed by atoms with van der Waals surface area (Å²) < 4.78 is 61.3. The van der Waals surface area contributed by atoms with E-state index in [1.165, 1.54) is 67.7 Å². The number of amides is 2. The number of benzene rings is 2. The van der Waals surface area contributed by atoms with Gasteiger partial charge in [0.05, 0.1) is 13.1 Å². The first-order valence-electron chi connectivity index (χ1n) is 20.5. The van der Waals surface area contributed by atoms with Gasteiger partial charge in [-0.05, 0) is 134 Å². The minimum Gasteiger partial charge on any atom is -0.387 e. The smallest absolute Gasteiger partial charge is 0.333 e. The van der Waals surface area contributed by atoms with Crippen molar-refractivity contribution in [3.8, 4) is 12.0 Å². The minimum absolute atomic E-state index is 0.137. The van der Waals surface area contributed by atoms with Gasteiger partial charge in [0.15, 0.2) is 10.1 Å². The van der Waals surface area contributed by atoms with E-state index in [-0.39, 0.29) is 10.1 Å². The number of aryl methyl sites for hydroxylation is 6. The molecule has 4 N–H and O–H groups in total. The van der Waals surface area contributed by atoms with Gasteiger partial charge >= 0.3 is 6.03 Å². The zero-order valence-corrected chi connectivity index (χ0v) is 36.2. The second kappa shape index (κ2) is 17.6. The molecule has 2 amide bonds. The Bertz CT molecular complexity index is 2860. The number of urea groups is 1. The van der Waals surface area contributed by atoms with Crippen molar-refractivity contribution in [2.24, 2.45) is 19.2 Å². The molecule has 10 rings (SSSR count). The summed E-state index contributed by atoms with van der Waals surface area (Å²) in [5, 5.41) is 24.1. The van der Waals surface area contributed by atoms with Crippen LogP contribution in [0.15, 0.2) is 71.5 Å². The normalized spacial score (nSPS) is 14.7. The Morgan fingerprint density at radius 2 is 1.16 bits per heavy atom. The number of carbonyl (C=O) groups is 1. The van der Waals surface area contributed by atoms with E-state index in [0.717, 1.165) is 98.4 Å². The molecule has 0 fully saturated rings. The van der Waals surface area contributed by atoms with Crippen LogP contribution in [0, 0.1) is 11.5 Å². The molecule has 0 spiro atoms. The molecular weight excluding hydrogens is 833 g/mol. The van der Waals surface area contributed by atoms with Crippen molar-refractivity contribution in [1.29, 1.82) is 5.26 Å². The highest BCUT2D eigenvalue weighted by molar-refractivity contribution is 7.90. The molecule has 18 nitrogen and oxygen atoms in total. The average molecular weight is 881 g/mol. The fourth-order valence-electron chi connectivity index (χ4n) is 8.76. The third kappa shape index (κ3) is 9.15. The molecule has 62 heavy (non-hydrogen) atoms. The standard InChI is InChI=1S/C21H24N6O3S.C13H13NO.C8H11N5O2S/c1-26-11-9-22-18(26)13-27-10-8-19(24-27)31(29,30)25-21(28)23-20-16-6-2-4-14(16)12-15-5-3-7-17(15)20;14-8-15-13-11-5-1-3-9(11)7-10-4-2-6-12(10)13;1-12-5-3-10-7(12)6-13-4-2-8(11-13)16(9,14)15/h8-12H,2-7,13H2,1H3,(H2,23,25,28);7H,1-6H2;2-5H,6H2,1H3,(H2,9,14,15). The first-order chi connectivity index (χ1) is 29.8. The summed E-state index contributed by atoms with van der Waals surface area (Å²) in [6, 6.07) is 6.58. The van der Waals surface area contributed by atoms with Crippen molar-refractivity contribution in [3.05, 3.63) is 118 Å². The Morgan fingerprint density at radius 1 is 0.710 bits per heavy atom. The highest BCUT2D eigenvalue weighted by Gasteiger charge is 2.28. The fourth-order valence-corrected chi connectivity index (χ4v) is 10.1. The molecule has 0 aliphatic heterocycles. The number of nitrogens with one attached hydrogen (secondary N) is 2. The maximum Gasteiger partial charge on any atom is 0.333 e. The zero-order valence-electron chi connectivity index (χ0n) is 34.5. The van der Waals surface area contributed by atoms with Crippen molar-refractivity contribution in [1.82, 2.24) is 43.4 Å². The number of nitriles is 1. The van der Waals surface area contributed by atoms with Gasteiger partial charge in [-0.1, -0.05) is 12.1 Å². The molecule has 4 aromatic heterocycles. The summed E-state index contributed by atoms with van der Waals surface area (Å²) >= 11 is 0. The van der Waals surface area contributed by atoms with E-state index in [0.29, 0.717) is 13.1 Å². The lowest BCUT2D eigenvalue weighted by atomic mass is 9.99. The topological polar surface area (TPSA) is 240 Å². The molecule has 4 heterocycles. The number of primary sulfonamides is 1. The number of hydrogen-bond acceptors (Lipinski definition) is 11. The van der Waals surface area contributed by atoms with E-state index in [1.807, 2.05) is 29.5 Å². The Kier molecular flexibility index (Phi) is 12.0. The second-order valence-corrected chi connectivity index (χ2v) is 19.0. The van der Waals surface area contributed by atoms with Crippen molar-refractivity contribution >= 4 is 31.8 Å². The van der Waals surface area contributed by atoms with Crippen LogP contribution in [0.3, 0.4) is 0 Å². The number of rotatable bonds is 9. The van der Waals surface area contributed by atoms with Crippen molar-refractivity contribution in [2.45, 2.75) is 100 Å². The van der Waals surface area contributed by atoms with Crippen LogP contribution in [0.4, 0.5) is 10.5 Å². The van der Waals surface area contributed by atoms with Gasteiger partial charge in [0.25, 0.3) is 26.3 Å². The summed E-state index contributed by atoms with van der Waals surface area (Å²) in [5.41, 5.74) is 11.1. The predicted molar refractivity (Wildman–Crippen MR) is 227 cm³/mol. The Hall–Kier alpha value is -6.30. The molecule has 324 valence electrons. The van der Waals surface area contributed by atoms with Crippen LogP contribution in [0.1, 0.15) is 81.8 Å². The van der Waals surface area contributed by atoms with Gasteiger partial charge in [-0.25, -0.2) is 33.0 Å². The van der Waals surface area contributed by atoms with Crippen molar-refractivity contribution < 1.29 is 26.4 Å². The van der Waals surface area contributed by atoms with Crippen LogP contribution in [-0.4, -0.2) is 61.5 Å². The fraction of sp³-hybridized carbons (Fsp3) is 0.381. The van der Waals surface area contributed by atoms with Crippen molar-refractivity contribution in [3.63, 3.8) is 0 Å². The molecule has 0 saturated heterocycles. The Labute approximate surface area is 359 Å². The summed E-state index contributed by atoms with van der Waals surface area (Å²) in [6.45, 7) is 0.729. The Balaban J connectivity index is 0.000000143. The lowest BCUT2D eigenvalue weighted by molar-refractivity contribution is 0.256. The second-order valence-electron chi connectivity index (χ2n) is 15.8. The number of imidazole rings is 2. The number of sulfonamides is 2. The quantitative estimate of drug-likeness (QED) is 0.176. The third-order valence-corrected chi connectivity index (χ3v) is 13.8. The largest absolute Gasteiger partial charge is 0.387 e. The number of aromatic nitrogens is 8. The molecule has 20 heteroatoms. The van der Waals surface area contributed by atoms with Crippen LogP contribution < -0.4 is 19.9 Å². The monoisotopic (exact) mass is 880 g/mol. The summed E-state index contributed by atoms with van der Waals surface area (Å²) in [4.78, 5) is 21.0. The van der Waals surface area contributed by atoms with E-state index in [9.17, 15) is 21.6 Å². The number of fused-ring (bicyclic) bond motifs is 4.